The summed E-state index contributed by atoms with van der Waals surface area (Å²) < 4.78 is 12.8. The summed E-state index contributed by atoms with van der Waals surface area (Å²) in [5.74, 6) is -0.291. The summed E-state index contributed by atoms with van der Waals surface area (Å²) in [5.41, 5.74) is 5.90. The molecule has 0 radical (unpaired) electrons. The number of halogens is 1. The SMILES string of the molecule is Cc1ccc2[nH]c(=O)cc(N/N=C/c3ccc(F)cc3)c2c1. The lowest BCUT2D eigenvalue weighted by Crippen LogP contribution is -2.06. The highest BCUT2D eigenvalue weighted by molar-refractivity contribution is 5.92. The summed E-state index contributed by atoms with van der Waals surface area (Å²) in [4.78, 5) is 14.5. The number of hydrogen-bond acceptors (Lipinski definition) is 3. The first-order valence-corrected chi connectivity index (χ1v) is 6.80. The molecule has 5 heteroatoms. The van der Waals surface area contributed by atoms with E-state index in [0.29, 0.717) is 5.69 Å². The van der Waals surface area contributed by atoms with Gasteiger partial charge in [0.15, 0.2) is 0 Å². The van der Waals surface area contributed by atoms with Crippen molar-refractivity contribution >= 4 is 22.8 Å². The molecule has 0 fully saturated rings. The van der Waals surface area contributed by atoms with Crippen molar-refractivity contribution in [3.05, 3.63) is 75.8 Å². The molecule has 4 nitrogen and oxygen atoms in total. The number of aromatic nitrogens is 1. The van der Waals surface area contributed by atoms with Gasteiger partial charge < -0.3 is 4.98 Å². The zero-order valence-electron chi connectivity index (χ0n) is 11.9. The van der Waals surface area contributed by atoms with Gasteiger partial charge >= 0.3 is 0 Å². The van der Waals surface area contributed by atoms with Crippen LogP contribution in [0.4, 0.5) is 10.1 Å². The van der Waals surface area contributed by atoms with Crippen LogP contribution in [0.15, 0.2) is 58.4 Å². The van der Waals surface area contributed by atoms with E-state index in [4.69, 9.17) is 0 Å². The highest BCUT2D eigenvalue weighted by Crippen LogP contribution is 2.21. The standard InChI is InChI=1S/C17H14FN3O/c1-11-2-7-15-14(8-11)16(9-17(22)20-15)21-19-10-12-3-5-13(18)6-4-12/h2-10H,1H3,(H2,20,21,22)/b19-10+. The number of pyridine rings is 1. The minimum atomic E-state index is -0.291. The van der Waals surface area contributed by atoms with Gasteiger partial charge in [0, 0.05) is 11.5 Å². The molecule has 2 N–H and O–H groups in total. The third-order valence-electron chi connectivity index (χ3n) is 3.27. The Labute approximate surface area is 126 Å². The van der Waals surface area contributed by atoms with E-state index in [0.717, 1.165) is 22.0 Å². The van der Waals surface area contributed by atoms with Crippen molar-refractivity contribution in [1.82, 2.24) is 4.98 Å². The van der Waals surface area contributed by atoms with Crippen LogP contribution in [0.3, 0.4) is 0 Å². The van der Waals surface area contributed by atoms with E-state index < -0.39 is 0 Å². The lowest BCUT2D eigenvalue weighted by molar-refractivity contribution is 0.628. The van der Waals surface area contributed by atoms with Crippen molar-refractivity contribution in [2.24, 2.45) is 5.10 Å². The van der Waals surface area contributed by atoms with E-state index >= 15 is 0 Å². The minimum Gasteiger partial charge on any atom is -0.322 e. The number of aryl methyl sites for hydroxylation is 1. The van der Waals surface area contributed by atoms with Crippen LogP contribution in [-0.4, -0.2) is 11.2 Å². The van der Waals surface area contributed by atoms with Crippen LogP contribution in [0, 0.1) is 12.7 Å². The molecule has 22 heavy (non-hydrogen) atoms. The molecule has 1 aromatic heterocycles. The van der Waals surface area contributed by atoms with Gasteiger partial charge in [-0.3, -0.25) is 10.2 Å². The highest BCUT2D eigenvalue weighted by Gasteiger charge is 2.02. The molecule has 3 rings (SSSR count). The number of fused-ring (bicyclic) bond motifs is 1. The van der Waals surface area contributed by atoms with Crippen LogP contribution in [0.25, 0.3) is 10.9 Å². The van der Waals surface area contributed by atoms with Crippen LogP contribution in [0.1, 0.15) is 11.1 Å². The molecule has 1 heterocycles. The highest BCUT2D eigenvalue weighted by atomic mass is 19.1. The maximum Gasteiger partial charge on any atom is 0.250 e. The number of hydrazone groups is 1. The average molecular weight is 295 g/mol. The van der Waals surface area contributed by atoms with Gasteiger partial charge in [-0.1, -0.05) is 23.8 Å². The first kappa shape index (κ1) is 14.0. The topological polar surface area (TPSA) is 57.2 Å². The summed E-state index contributed by atoms with van der Waals surface area (Å²) in [6.07, 6.45) is 1.57. The summed E-state index contributed by atoms with van der Waals surface area (Å²) in [6, 6.07) is 13.2. The van der Waals surface area contributed by atoms with Crippen LogP contribution in [0.5, 0.6) is 0 Å². The minimum absolute atomic E-state index is 0.198. The number of anilines is 1. The molecule has 0 aliphatic heterocycles. The van der Waals surface area contributed by atoms with Crippen molar-refractivity contribution in [3.8, 4) is 0 Å². The monoisotopic (exact) mass is 295 g/mol. The Balaban J connectivity index is 1.91. The molecule has 0 aliphatic carbocycles. The van der Waals surface area contributed by atoms with E-state index in [-0.39, 0.29) is 11.4 Å². The second kappa shape index (κ2) is 5.81. The third-order valence-corrected chi connectivity index (χ3v) is 3.27. The third kappa shape index (κ3) is 3.03. The molecule has 0 saturated carbocycles. The molecular formula is C17H14FN3O. The van der Waals surface area contributed by atoms with Gasteiger partial charge in [-0.05, 0) is 36.8 Å². The smallest absolute Gasteiger partial charge is 0.250 e. The molecule has 3 aromatic rings. The number of aromatic amines is 1. The lowest BCUT2D eigenvalue weighted by atomic mass is 10.1. The van der Waals surface area contributed by atoms with Gasteiger partial charge in [0.25, 0.3) is 5.56 Å². The Kier molecular flexibility index (Phi) is 3.70. The second-order valence-corrected chi connectivity index (χ2v) is 5.02. The molecule has 0 saturated heterocycles. The largest absolute Gasteiger partial charge is 0.322 e. The van der Waals surface area contributed by atoms with Gasteiger partial charge in [-0.15, -0.1) is 0 Å². The van der Waals surface area contributed by atoms with E-state index in [9.17, 15) is 9.18 Å². The lowest BCUT2D eigenvalue weighted by Gasteiger charge is -2.06. The van der Waals surface area contributed by atoms with Crippen LogP contribution in [0.2, 0.25) is 0 Å². The number of hydrogen-bond donors (Lipinski definition) is 2. The second-order valence-electron chi connectivity index (χ2n) is 5.02. The van der Waals surface area contributed by atoms with E-state index in [2.05, 4.69) is 15.5 Å². The van der Waals surface area contributed by atoms with Crippen molar-refractivity contribution < 1.29 is 4.39 Å². The van der Waals surface area contributed by atoms with E-state index in [1.165, 1.54) is 18.2 Å². The quantitative estimate of drug-likeness (QED) is 0.574. The Morgan fingerprint density at radius 1 is 1.14 bits per heavy atom. The van der Waals surface area contributed by atoms with E-state index in [1.807, 2.05) is 25.1 Å². The summed E-state index contributed by atoms with van der Waals surface area (Å²) in [6.45, 7) is 1.98. The van der Waals surface area contributed by atoms with Crippen molar-refractivity contribution in [3.63, 3.8) is 0 Å². The van der Waals surface area contributed by atoms with Crippen molar-refractivity contribution in [2.75, 3.05) is 5.43 Å². The normalized spacial score (nSPS) is 11.2. The molecule has 0 amide bonds. The Morgan fingerprint density at radius 3 is 2.68 bits per heavy atom. The Morgan fingerprint density at radius 2 is 1.91 bits per heavy atom. The van der Waals surface area contributed by atoms with Crippen LogP contribution < -0.4 is 11.0 Å². The maximum absolute atomic E-state index is 12.8. The summed E-state index contributed by atoms with van der Waals surface area (Å²) in [7, 11) is 0. The first-order chi connectivity index (χ1) is 10.6. The Bertz CT molecular complexity index is 898. The fraction of sp³-hybridized carbons (Fsp3) is 0.0588. The van der Waals surface area contributed by atoms with Gasteiger partial charge in [0.2, 0.25) is 0 Å². The first-order valence-electron chi connectivity index (χ1n) is 6.80. The predicted octanol–water partition coefficient (Wildman–Crippen LogP) is 3.42. The fourth-order valence-corrected chi connectivity index (χ4v) is 2.19. The van der Waals surface area contributed by atoms with Gasteiger partial charge in [0.05, 0.1) is 17.4 Å². The van der Waals surface area contributed by atoms with Crippen LogP contribution in [-0.2, 0) is 0 Å². The van der Waals surface area contributed by atoms with Crippen molar-refractivity contribution in [1.29, 1.82) is 0 Å². The molecule has 0 atom stereocenters. The molecule has 110 valence electrons. The Hall–Kier alpha value is -2.95. The number of benzene rings is 2. The average Bonchev–Trinajstić information content (AvgIpc) is 2.50. The van der Waals surface area contributed by atoms with Gasteiger partial charge in [-0.25, -0.2) is 4.39 Å². The molecule has 2 aromatic carbocycles. The fourth-order valence-electron chi connectivity index (χ4n) is 2.19. The predicted molar refractivity (Wildman–Crippen MR) is 86.9 cm³/mol. The molecule has 0 bridgehead atoms. The molecule has 0 spiro atoms. The summed E-state index contributed by atoms with van der Waals surface area (Å²) >= 11 is 0. The number of H-pyrrole nitrogens is 1. The maximum atomic E-state index is 12.8. The molecule has 0 unspecified atom stereocenters. The van der Waals surface area contributed by atoms with Gasteiger partial charge in [-0.2, -0.15) is 5.10 Å². The number of nitrogens with one attached hydrogen (secondary N) is 2. The number of rotatable bonds is 3. The van der Waals surface area contributed by atoms with Crippen molar-refractivity contribution in [2.45, 2.75) is 6.92 Å². The zero-order valence-corrected chi connectivity index (χ0v) is 11.9. The molecule has 0 aliphatic rings. The summed E-state index contributed by atoms with van der Waals surface area (Å²) in [5, 5.41) is 5.00. The van der Waals surface area contributed by atoms with Gasteiger partial charge in [0.1, 0.15) is 5.82 Å². The zero-order chi connectivity index (χ0) is 15.5. The number of nitrogens with zero attached hydrogens (tertiary/aromatic N) is 1. The molecular weight excluding hydrogens is 281 g/mol. The van der Waals surface area contributed by atoms with Crippen LogP contribution >= 0.6 is 0 Å². The van der Waals surface area contributed by atoms with E-state index in [1.54, 1.807) is 18.3 Å².